The number of aliphatic hydroxyl groups excluding tert-OH is 1. The Morgan fingerprint density at radius 1 is 1.33 bits per heavy atom. The number of unbranched alkanes of at least 4 members (excludes halogenated alkanes) is 1. The average molecular weight is 246 g/mol. The summed E-state index contributed by atoms with van der Waals surface area (Å²) in [5.41, 5.74) is 0.747. The van der Waals surface area contributed by atoms with Crippen LogP contribution in [0.25, 0.3) is 0 Å². The Bertz CT molecular complexity index is 432. The lowest BCUT2D eigenvalue weighted by atomic mass is 10.3. The van der Waals surface area contributed by atoms with Crippen molar-refractivity contribution in [2.24, 2.45) is 0 Å². The summed E-state index contributed by atoms with van der Waals surface area (Å²) >= 11 is 0. The molecule has 0 radical (unpaired) electrons. The minimum atomic E-state index is 0.185. The van der Waals surface area contributed by atoms with Crippen LogP contribution in [0.15, 0.2) is 12.4 Å². The number of aliphatic hydroxyl groups is 1. The predicted octanol–water partition coefficient (Wildman–Crippen LogP) is 0.0102. The van der Waals surface area contributed by atoms with Gasteiger partial charge in [-0.3, -0.25) is 0 Å². The van der Waals surface area contributed by atoms with Crippen molar-refractivity contribution in [3.63, 3.8) is 0 Å². The zero-order valence-corrected chi connectivity index (χ0v) is 10.4. The molecule has 0 aromatic carbocycles. The molecular formula is C13H18N4O. The number of piperazine rings is 1. The fourth-order valence-corrected chi connectivity index (χ4v) is 1.80. The third-order valence-electron chi connectivity index (χ3n) is 2.77. The molecule has 1 saturated heterocycles. The molecule has 0 atom stereocenters. The van der Waals surface area contributed by atoms with Crippen LogP contribution in [0.5, 0.6) is 0 Å². The quantitative estimate of drug-likeness (QED) is 0.581. The van der Waals surface area contributed by atoms with Gasteiger partial charge in [0, 0.05) is 45.3 Å². The summed E-state index contributed by atoms with van der Waals surface area (Å²) in [6, 6.07) is 1.93. The second-order valence-electron chi connectivity index (χ2n) is 4.13. The van der Waals surface area contributed by atoms with E-state index in [1.54, 1.807) is 6.33 Å². The van der Waals surface area contributed by atoms with Crippen molar-refractivity contribution in [2.45, 2.75) is 12.8 Å². The Hall–Kier alpha value is -1.64. The number of nitrogens with zero attached hydrogens (tertiary/aromatic N) is 3. The van der Waals surface area contributed by atoms with E-state index in [2.05, 4.69) is 32.0 Å². The van der Waals surface area contributed by atoms with Gasteiger partial charge in [-0.15, -0.1) is 0 Å². The molecule has 1 aromatic rings. The monoisotopic (exact) mass is 246 g/mol. The minimum Gasteiger partial charge on any atom is -0.396 e. The second kappa shape index (κ2) is 6.94. The van der Waals surface area contributed by atoms with Gasteiger partial charge in [-0.25, -0.2) is 9.97 Å². The van der Waals surface area contributed by atoms with Crippen LogP contribution in [0.1, 0.15) is 18.5 Å². The molecule has 0 amide bonds. The molecule has 1 aromatic heterocycles. The van der Waals surface area contributed by atoms with Crippen LogP contribution in [-0.4, -0.2) is 47.9 Å². The van der Waals surface area contributed by atoms with Gasteiger partial charge >= 0.3 is 0 Å². The number of aromatic nitrogens is 2. The van der Waals surface area contributed by atoms with Gasteiger partial charge in [0.15, 0.2) is 0 Å². The van der Waals surface area contributed by atoms with E-state index in [1.165, 1.54) is 0 Å². The lowest BCUT2D eigenvalue weighted by Gasteiger charge is -2.28. The van der Waals surface area contributed by atoms with Crippen LogP contribution in [0, 0.1) is 11.8 Å². The molecule has 0 unspecified atom stereocenters. The van der Waals surface area contributed by atoms with E-state index >= 15 is 0 Å². The number of hydrogen-bond acceptors (Lipinski definition) is 5. The zero-order valence-electron chi connectivity index (χ0n) is 10.4. The summed E-state index contributed by atoms with van der Waals surface area (Å²) in [4.78, 5) is 10.7. The summed E-state index contributed by atoms with van der Waals surface area (Å²) in [5.74, 6) is 6.95. The molecule has 18 heavy (non-hydrogen) atoms. The molecular weight excluding hydrogens is 228 g/mol. The van der Waals surface area contributed by atoms with E-state index in [1.807, 2.05) is 6.07 Å². The molecule has 1 aliphatic rings. The first-order valence-electron chi connectivity index (χ1n) is 6.27. The number of nitrogens with one attached hydrogen (secondary N) is 1. The standard InChI is InChI=1S/C13H18N4O/c18-9-3-1-2-4-12-10-13(16-11-15-12)17-7-5-14-6-8-17/h10-11,14,18H,1,3,5-9H2. The summed E-state index contributed by atoms with van der Waals surface area (Å²) in [5, 5.41) is 12.0. The van der Waals surface area contributed by atoms with E-state index in [0.717, 1.165) is 37.7 Å². The Morgan fingerprint density at radius 2 is 2.17 bits per heavy atom. The maximum atomic E-state index is 8.67. The van der Waals surface area contributed by atoms with Crippen molar-refractivity contribution in [1.29, 1.82) is 0 Å². The van der Waals surface area contributed by atoms with Gasteiger partial charge < -0.3 is 15.3 Å². The SMILES string of the molecule is OCCCC#Cc1cc(N2CCNCC2)ncn1. The molecule has 1 aliphatic heterocycles. The molecule has 5 nitrogen and oxygen atoms in total. The molecule has 5 heteroatoms. The van der Waals surface area contributed by atoms with Crippen LogP contribution < -0.4 is 10.2 Å². The highest BCUT2D eigenvalue weighted by molar-refractivity contribution is 5.43. The lowest BCUT2D eigenvalue weighted by Crippen LogP contribution is -2.43. The number of hydrogen-bond donors (Lipinski definition) is 2. The van der Waals surface area contributed by atoms with Gasteiger partial charge in [-0.2, -0.15) is 0 Å². The average Bonchev–Trinajstić information content (AvgIpc) is 2.45. The van der Waals surface area contributed by atoms with Crippen molar-refractivity contribution in [1.82, 2.24) is 15.3 Å². The molecule has 96 valence electrons. The summed E-state index contributed by atoms with van der Waals surface area (Å²) in [6.07, 6.45) is 2.97. The van der Waals surface area contributed by atoms with Gasteiger partial charge in [-0.1, -0.05) is 5.92 Å². The van der Waals surface area contributed by atoms with Gasteiger partial charge in [-0.05, 0) is 12.3 Å². The van der Waals surface area contributed by atoms with Crippen LogP contribution in [0.4, 0.5) is 5.82 Å². The third-order valence-corrected chi connectivity index (χ3v) is 2.77. The molecule has 0 saturated carbocycles. The third kappa shape index (κ3) is 3.69. The van der Waals surface area contributed by atoms with E-state index in [-0.39, 0.29) is 6.61 Å². The summed E-state index contributed by atoms with van der Waals surface area (Å²) in [6.45, 7) is 4.09. The molecule has 2 heterocycles. The predicted molar refractivity (Wildman–Crippen MR) is 70.3 cm³/mol. The largest absolute Gasteiger partial charge is 0.396 e. The van der Waals surface area contributed by atoms with E-state index in [4.69, 9.17) is 5.11 Å². The normalized spacial score (nSPS) is 15.1. The fourth-order valence-electron chi connectivity index (χ4n) is 1.80. The van der Waals surface area contributed by atoms with Gasteiger partial charge in [0.1, 0.15) is 17.8 Å². The smallest absolute Gasteiger partial charge is 0.133 e. The topological polar surface area (TPSA) is 61.3 Å². The first-order chi connectivity index (χ1) is 8.90. The van der Waals surface area contributed by atoms with Crippen LogP contribution in [-0.2, 0) is 0 Å². The molecule has 0 aliphatic carbocycles. The van der Waals surface area contributed by atoms with E-state index < -0.39 is 0 Å². The summed E-state index contributed by atoms with van der Waals surface area (Å²) in [7, 11) is 0. The molecule has 1 fully saturated rings. The highest BCUT2D eigenvalue weighted by Gasteiger charge is 2.11. The van der Waals surface area contributed by atoms with Gasteiger partial charge in [0.25, 0.3) is 0 Å². The Balaban J connectivity index is 2.01. The summed E-state index contributed by atoms with van der Waals surface area (Å²) < 4.78 is 0. The molecule has 0 spiro atoms. The van der Waals surface area contributed by atoms with Crippen molar-refractivity contribution < 1.29 is 5.11 Å². The van der Waals surface area contributed by atoms with Crippen LogP contribution >= 0.6 is 0 Å². The van der Waals surface area contributed by atoms with E-state index in [0.29, 0.717) is 12.8 Å². The first-order valence-corrected chi connectivity index (χ1v) is 6.27. The second-order valence-corrected chi connectivity index (χ2v) is 4.13. The van der Waals surface area contributed by atoms with E-state index in [9.17, 15) is 0 Å². The molecule has 2 N–H and O–H groups in total. The Kier molecular flexibility index (Phi) is 4.94. The maximum Gasteiger partial charge on any atom is 0.133 e. The zero-order chi connectivity index (χ0) is 12.6. The number of anilines is 1. The van der Waals surface area contributed by atoms with Crippen LogP contribution in [0.3, 0.4) is 0 Å². The van der Waals surface area contributed by atoms with Crippen molar-refractivity contribution in [2.75, 3.05) is 37.7 Å². The van der Waals surface area contributed by atoms with Crippen molar-refractivity contribution in [3.05, 3.63) is 18.1 Å². The van der Waals surface area contributed by atoms with Crippen molar-refractivity contribution in [3.8, 4) is 11.8 Å². The van der Waals surface area contributed by atoms with Crippen molar-refractivity contribution >= 4 is 5.82 Å². The molecule has 0 bridgehead atoms. The maximum absolute atomic E-state index is 8.67. The highest BCUT2D eigenvalue weighted by Crippen LogP contribution is 2.10. The number of rotatable bonds is 3. The fraction of sp³-hybridized carbons (Fsp3) is 0.538. The van der Waals surface area contributed by atoms with Crippen LogP contribution in [0.2, 0.25) is 0 Å². The van der Waals surface area contributed by atoms with Gasteiger partial charge in [0.05, 0.1) is 0 Å². The lowest BCUT2D eigenvalue weighted by molar-refractivity contribution is 0.290. The molecule has 2 rings (SSSR count). The Labute approximate surface area is 107 Å². The van der Waals surface area contributed by atoms with Gasteiger partial charge in [0.2, 0.25) is 0 Å². The first kappa shape index (κ1) is 12.8. The highest BCUT2D eigenvalue weighted by atomic mass is 16.2. The Morgan fingerprint density at radius 3 is 2.94 bits per heavy atom. The minimum absolute atomic E-state index is 0.185.